The normalized spacial score (nSPS) is 15.5. The molecular formula is C18H27NO3. The molecule has 1 aliphatic heterocycles. The van der Waals surface area contributed by atoms with Gasteiger partial charge in [0.25, 0.3) is 0 Å². The van der Waals surface area contributed by atoms with E-state index in [1.165, 1.54) is 0 Å². The van der Waals surface area contributed by atoms with Crippen LogP contribution < -0.4 is 4.90 Å². The van der Waals surface area contributed by atoms with E-state index < -0.39 is 5.60 Å². The summed E-state index contributed by atoms with van der Waals surface area (Å²) in [5, 5.41) is 9.53. The molecule has 4 heteroatoms. The number of anilines is 1. The van der Waals surface area contributed by atoms with Crippen LogP contribution in [0.4, 0.5) is 10.5 Å². The van der Waals surface area contributed by atoms with Gasteiger partial charge in [0.05, 0.1) is 12.3 Å². The smallest absolute Gasteiger partial charge is 0.414 e. The van der Waals surface area contributed by atoms with Crippen LogP contribution in [0.15, 0.2) is 18.2 Å². The highest BCUT2D eigenvalue weighted by atomic mass is 16.6. The molecule has 1 N–H and O–H groups in total. The number of ether oxygens (including phenoxy) is 1. The van der Waals surface area contributed by atoms with E-state index in [2.05, 4.69) is 6.07 Å². The number of benzene rings is 1. The molecule has 1 heterocycles. The first-order chi connectivity index (χ1) is 10.1. The Morgan fingerprint density at radius 1 is 1.27 bits per heavy atom. The van der Waals surface area contributed by atoms with E-state index in [4.69, 9.17) is 4.74 Å². The lowest BCUT2D eigenvalue weighted by Crippen LogP contribution is -2.40. The lowest BCUT2D eigenvalue weighted by atomic mass is 9.83. The van der Waals surface area contributed by atoms with Gasteiger partial charge in [0, 0.05) is 12.0 Å². The van der Waals surface area contributed by atoms with Crippen molar-refractivity contribution >= 4 is 11.8 Å². The van der Waals surface area contributed by atoms with Gasteiger partial charge in [-0.15, -0.1) is 0 Å². The Morgan fingerprint density at radius 3 is 2.55 bits per heavy atom. The third-order valence-electron chi connectivity index (χ3n) is 3.99. The molecule has 4 nitrogen and oxygen atoms in total. The number of amides is 1. The predicted octanol–water partition coefficient (Wildman–Crippen LogP) is 3.64. The van der Waals surface area contributed by atoms with Crippen molar-refractivity contribution < 1.29 is 14.6 Å². The molecule has 0 atom stereocenters. The fraction of sp³-hybridized carbons (Fsp3) is 0.611. The SMILES string of the molecule is CC(C)(C)OC(=O)N1CCCc2cc(C(C)(C)CO)ccc21. The second kappa shape index (κ2) is 5.92. The van der Waals surface area contributed by atoms with Crippen LogP contribution in [0.25, 0.3) is 0 Å². The highest BCUT2D eigenvalue weighted by molar-refractivity contribution is 5.89. The van der Waals surface area contributed by atoms with Crippen LogP contribution in [0.1, 0.15) is 52.2 Å². The van der Waals surface area contributed by atoms with E-state index in [1.54, 1.807) is 4.90 Å². The molecule has 0 spiro atoms. The quantitative estimate of drug-likeness (QED) is 0.907. The fourth-order valence-corrected chi connectivity index (χ4v) is 2.62. The van der Waals surface area contributed by atoms with Gasteiger partial charge in [0.1, 0.15) is 5.60 Å². The Kier molecular flexibility index (Phi) is 4.52. The number of fused-ring (bicyclic) bond motifs is 1. The average Bonchev–Trinajstić information content (AvgIpc) is 2.44. The number of hydrogen-bond donors (Lipinski definition) is 1. The van der Waals surface area contributed by atoms with Crippen LogP contribution >= 0.6 is 0 Å². The van der Waals surface area contributed by atoms with Crippen LogP contribution in [0.2, 0.25) is 0 Å². The third kappa shape index (κ3) is 3.61. The van der Waals surface area contributed by atoms with Crippen molar-refractivity contribution in [3.63, 3.8) is 0 Å². The maximum absolute atomic E-state index is 12.4. The van der Waals surface area contributed by atoms with E-state index in [0.717, 1.165) is 29.7 Å². The van der Waals surface area contributed by atoms with E-state index in [9.17, 15) is 9.90 Å². The van der Waals surface area contributed by atoms with Gasteiger partial charge in [-0.3, -0.25) is 4.90 Å². The molecule has 0 aliphatic carbocycles. The van der Waals surface area contributed by atoms with Gasteiger partial charge in [-0.2, -0.15) is 0 Å². The first-order valence-corrected chi connectivity index (χ1v) is 7.89. The Morgan fingerprint density at radius 2 is 1.95 bits per heavy atom. The Hall–Kier alpha value is -1.55. The van der Waals surface area contributed by atoms with Crippen molar-refractivity contribution in [1.29, 1.82) is 0 Å². The van der Waals surface area contributed by atoms with Gasteiger partial charge in [-0.25, -0.2) is 4.79 Å². The number of carbonyl (C=O) groups is 1. The second-order valence-electron chi connectivity index (χ2n) is 7.62. The zero-order valence-electron chi connectivity index (χ0n) is 14.3. The maximum Gasteiger partial charge on any atom is 0.414 e. The molecule has 1 aromatic carbocycles. The van der Waals surface area contributed by atoms with Crippen molar-refractivity contribution in [3.8, 4) is 0 Å². The summed E-state index contributed by atoms with van der Waals surface area (Å²) in [5.41, 5.74) is 2.41. The number of rotatable bonds is 2. The summed E-state index contributed by atoms with van der Waals surface area (Å²) in [5.74, 6) is 0. The van der Waals surface area contributed by atoms with Crippen molar-refractivity contribution in [3.05, 3.63) is 29.3 Å². The second-order valence-corrected chi connectivity index (χ2v) is 7.62. The zero-order valence-corrected chi connectivity index (χ0v) is 14.3. The van der Waals surface area contributed by atoms with E-state index >= 15 is 0 Å². The van der Waals surface area contributed by atoms with Gasteiger partial charge in [-0.1, -0.05) is 26.0 Å². The molecule has 22 heavy (non-hydrogen) atoms. The molecular weight excluding hydrogens is 278 g/mol. The fourth-order valence-electron chi connectivity index (χ4n) is 2.62. The lowest BCUT2D eigenvalue weighted by molar-refractivity contribution is 0.0578. The van der Waals surface area contributed by atoms with E-state index in [1.807, 2.05) is 46.8 Å². The summed E-state index contributed by atoms with van der Waals surface area (Å²) in [6.45, 7) is 10.5. The molecule has 0 fully saturated rings. The number of aliphatic hydroxyl groups excluding tert-OH is 1. The number of aryl methyl sites for hydroxylation is 1. The number of nitrogens with zero attached hydrogens (tertiary/aromatic N) is 1. The number of aliphatic hydroxyl groups is 1. The first-order valence-electron chi connectivity index (χ1n) is 7.89. The van der Waals surface area contributed by atoms with E-state index in [0.29, 0.717) is 6.54 Å². The highest BCUT2D eigenvalue weighted by Gasteiger charge is 2.28. The summed E-state index contributed by atoms with van der Waals surface area (Å²) >= 11 is 0. The zero-order chi connectivity index (χ0) is 16.5. The molecule has 1 aromatic rings. The highest BCUT2D eigenvalue weighted by Crippen LogP contribution is 2.33. The van der Waals surface area contributed by atoms with Gasteiger partial charge in [-0.05, 0) is 50.8 Å². The molecule has 0 unspecified atom stereocenters. The summed E-state index contributed by atoms with van der Waals surface area (Å²) in [4.78, 5) is 14.1. The monoisotopic (exact) mass is 305 g/mol. The Bertz CT molecular complexity index is 558. The summed E-state index contributed by atoms with van der Waals surface area (Å²) in [6.07, 6.45) is 1.58. The molecule has 122 valence electrons. The summed E-state index contributed by atoms with van der Waals surface area (Å²) < 4.78 is 5.50. The Labute approximate surface area is 133 Å². The van der Waals surface area contributed by atoms with Gasteiger partial charge >= 0.3 is 6.09 Å². The average molecular weight is 305 g/mol. The molecule has 0 saturated heterocycles. The van der Waals surface area contributed by atoms with Crippen molar-refractivity contribution in [1.82, 2.24) is 0 Å². The van der Waals surface area contributed by atoms with Crippen molar-refractivity contribution in [2.45, 2.75) is 58.5 Å². The van der Waals surface area contributed by atoms with Gasteiger partial charge in [0.2, 0.25) is 0 Å². The minimum atomic E-state index is -0.493. The minimum Gasteiger partial charge on any atom is -0.443 e. The van der Waals surface area contributed by atoms with Crippen molar-refractivity contribution in [2.75, 3.05) is 18.1 Å². The van der Waals surface area contributed by atoms with Crippen LogP contribution in [0.5, 0.6) is 0 Å². The molecule has 0 radical (unpaired) electrons. The lowest BCUT2D eigenvalue weighted by Gasteiger charge is -2.33. The molecule has 0 bridgehead atoms. The number of hydrogen-bond acceptors (Lipinski definition) is 3. The van der Waals surface area contributed by atoms with Crippen LogP contribution in [-0.2, 0) is 16.6 Å². The molecule has 1 aliphatic rings. The standard InChI is InChI=1S/C18H27NO3/c1-17(2,3)22-16(21)19-10-6-7-13-11-14(8-9-15(13)19)18(4,5)12-20/h8-9,11,20H,6-7,10,12H2,1-5H3. The minimum absolute atomic E-state index is 0.0988. The molecule has 0 aromatic heterocycles. The van der Waals surface area contributed by atoms with Crippen LogP contribution in [0, 0.1) is 0 Å². The Balaban J connectivity index is 2.30. The van der Waals surface area contributed by atoms with Crippen molar-refractivity contribution in [2.24, 2.45) is 0 Å². The molecule has 0 saturated carbocycles. The predicted molar refractivity (Wildman–Crippen MR) is 88.5 cm³/mol. The van der Waals surface area contributed by atoms with Crippen LogP contribution in [0.3, 0.4) is 0 Å². The maximum atomic E-state index is 12.4. The summed E-state index contributed by atoms with van der Waals surface area (Å²) in [7, 11) is 0. The van der Waals surface area contributed by atoms with Gasteiger partial charge in [0.15, 0.2) is 0 Å². The molecule has 1 amide bonds. The molecule has 2 rings (SSSR count). The number of carbonyl (C=O) groups excluding carboxylic acids is 1. The summed E-state index contributed by atoms with van der Waals surface area (Å²) in [6, 6.07) is 6.09. The first kappa shape index (κ1) is 16.8. The topological polar surface area (TPSA) is 49.8 Å². The van der Waals surface area contributed by atoms with Crippen LogP contribution in [-0.4, -0.2) is 30.0 Å². The van der Waals surface area contributed by atoms with E-state index in [-0.39, 0.29) is 18.1 Å². The third-order valence-corrected chi connectivity index (χ3v) is 3.99. The largest absolute Gasteiger partial charge is 0.443 e. The van der Waals surface area contributed by atoms with Gasteiger partial charge < -0.3 is 9.84 Å².